The number of ether oxygens (including phenoxy) is 1. The van der Waals surface area contributed by atoms with Crippen LogP contribution in [0.2, 0.25) is 0 Å². The molecule has 0 saturated carbocycles. The van der Waals surface area contributed by atoms with Gasteiger partial charge in [0.15, 0.2) is 0 Å². The van der Waals surface area contributed by atoms with E-state index in [2.05, 4.69) is 0 Å². The highest BCUT2D eigenvalue weighted by atomic mass is 16.5. The van der Waals surface area contributed by atoms with Gasteiger partial charge in [-0.15, -0.1) is 0 Å². The van der Waals surface area contributed by atoms with Gasteiger partial charge >= 0.3 is 0 Å². The second-order valence-electron chi connectivity index (χ2n) is 4.03. The predicted octanol–water partition coefficient (Wildman–Crippen LogP) is 2.29. The number of rotatable bonds is 5. The number of hydrogen-bond donors (Lipinski definition) is 1. The second kappa shape index (κ2) is 5.87. The number of para-hydroxylation sites is 1. The number of benzene rings is 2. The van der Waals surface area contributed by atoms with Gasteiger partial charge in [-0.3, -0.25) is 4.79 Å². The zero-order valence-corrected chi connectivity index (χ0v) is 10.0. The first-order valence-electron chi connectivity index (χ1n) is 5.78. The average molecular weight is 241 g/mol. The van der Waals surface area contributed by atoms with Gasteiger partial charge in [-0.05, 0) is 11.6 Å². The van der Waals surface area contributed by atoms with Crippen molar-refractivity contribution in [1.82, 2.24) is 0 Å². The van der Waals surface area contributed by atoms with Crippen molar-refractivity contribution in [2.75, 3.05) is 0 Å². The molecule has 0 bridgehead atoms. The lowest BCUT2D eigenvalue weighted by Crippen LogP contribution is -2.14. The summed E-state index contributed by atoms with van der Waals surface area (Å²) in [6, 6.07) is 17.3. The standard InChI is InChI=1S/C15H15NO2/c16-15(17)10-13-8-4-5-9-14(13)18-11-12-6-2-1-3-7-12/h1-9H,10-11H2,(H2,16,17). The molecule has 18 heavy (non-hydrogen) atoms. The van der Waals surface area contributed by atoms with Crippen LogP contribution in [-0.4, -0.2) is 5.91 Å². The van der Waals surface area contributed by atoms with Gasteiger partial charge in [0.1, 0.15) is 12.4 Å². The fourth-order valence-corrected chi connectivity index (χ4v) is 1.71. The summed E-state index contributed by atoms with van der Waals surface area (Å²) in [4.78, 5) is 11.0. The molecule has 0 atom stereocenters. The van der Waals surface area contributed by atoms with Gasteiger partial charge in [0.2, 0.25) is 5.91 Å². The smallest absolute Gasteiger partial charge is 0.221 e. The first kappa shape index (κ1) is 12.2. The van der Waals surface area contributed by atoms with Crippen molar-refractivity contribution in [2.24, 2.45) is 5.73 Å². The van der Waals surface area contributed by atoms with E-state index in [1.165, 1.54) is 0 Å². The minimum Gasteiger partial charge on any atom is -0.489 e. The minimum absolute atomic E-state index is 0.199. The normalized spacial score (nSPS) is 10.0. The fourth-order valence-electron chi connectivity index (χ4n) is 1.71. The summed E-state index contributed by atoms with van der Waals surface area (Å²) in [7, 11) is 0. The average Bonchev–Trinajstić information content (AvgIpc) is 2.38. The summed E-state index contributed by atoms with van der Waals surface area (Å²) in [6.07, 6.45) is 0.199. The molecule has 3 heteroatoms. The molecular weight excluding hydrogens is 226 g/mol. The van der Waals surface area contributed by atoms with Crippen molar-refractivity contribution in [3.05, 3.63) is 65.7 Å². The predicted molar refractivity (Wildman–Crippen MR) is 70.1 cm³/mol. The van der Waals surface area contributed by atoms with Crippen LogP contribution in [-0.2, 0) is 17.8 Å². The second-order valence-corrected chi connectivity index (χ2v) is 4.03. The summed E-state index contributed by atoms with van der Waals surface area (Å²) < 4.78 is 5.72. The Kier molecular flexibility index (Phi) is 3.97. The van der Waals surface area contributed by atoms with E-state index in [1.807, 2.05) is 54.6 Å². The van der Waals surface area contributed by atoms with Crippen molar-refractivity contribution >= 4 is 5.91 Å². The molecule has 0 aromatic heterocycles. The van der Waals surface area contributed by atoms with E-state index < -0.39 is 0 Å². The molecular formula is C15H15NO2. The monoisotopic (exact) mass is 241 g/mol. The highest BCUT2D eigenvalue weighted by Crippen LogP contribution is 2.19. The minimum atomic E-state index is -0.356. The Bertz CT molecular complexity index is 523. The summed E-state index contributed by atoms with van der Waals surface area (Å²) >= 11 is 0. The lowest BCUT2D eigenvalue weighted by atomic mass is 10.1. The zero-order valence-electron chi connectivity index (χ0n) is 10.0. The van der Waals surface area contributed by atoms with Crippen molar-refractivity contribution in [2.45, 2.75) is 13.0 Å². The van der Waals surface area contributed by atoms with E-state index in [0.29, 0.717) is 12.4 Å². The van der Waals surface area contributed by atoms with Gasteiger partial charge in [-0.1, -0.05) is 48.5 Å². The molecule has 3 nitrogen and oxygen atoms in total. The fraction of sp³-hybridized carbons (Fsp3) is 0.133. The van der Waals surface area contributed by atoms with Gasteiger partial charge < -0.3 is 10.5 Å². The largest absolute Gasteiger partial charge is 0.489 e. The first-order chi connectivity index (χ1) is 8.75. The molecule has 0 aliphatic heterocycles. The Balaban J connectivity index is 2.07. The third kappa shape index (κ3) is 3.35. The summed E-state index contributed by atoms with van der Waals surface area (Å²) in [6.45, 7) is 0.483. The molecule has 92 valence electrons. The quantitative estimate of drug-likeness (QED) is 0.873. The van der Waals surface area contributed by atoms with E-state index in [-0.39, 0.29) is 12.3 Å². The van der Waals surface area contributed by atoms with Crippen molar-refractivity contribution in [3.8, 4) is 5.75 Å². The number of primary amides is 1. The van der Waals surface area contributed by atoms with Gasteiger partial charge in [0.25, 0.3) is 0 Å². The molecule has 0 aliphatic carbocycles. The Labute approximate surface area is 106 Å². The Hall–Kier alpha value is -2.29. The lowest BCUT2D eigenvalue weighted by molar-refractivity contribution is -0.117. The summed E-state index contributed by atoms with van der Waals surface area (Å²) in [5, 5.41) is 0. The maximum absolute atomic E-state index is 11.0. The van der Waals surface area contributed by atoms with Gasteiger partial charge in [0.05, 0.1) is 6.42 Å². The van der Waals surface area contributed by atoms with Crippen LogP contribution >= 0.6 is 0 Å². The maximum Gasteiger partial charge on any atom is 0.221 e. The number of hydrogen-bond acceptors (Lipinski definition) is 2. The van der Waals surface area contributed by atoms with Crippen LogP contribution in [0.25, 0.3) is 0 Å². The van der Waals surface area contributed by atoms with Crippen LogP contribution in [0, 0.1) is 0 Å². The van der Waals surface area contributed by atoms with E-state index in [1.54, 1.807) is 0 Å². The Morgan fingerprint density at radius 3 is 2.39 bits per heavy atom. The molecule has 2 N–H and O–H groups in total. The molecule has 0 unspecified atom stereocenters. The molecule has 0 aliphatic rings. The molecule has 2 rings (SSSR count). The SMILES string of the molecule is NC(=O)Cc1ccccc1OCc1ccccc1. The third-order valence-electron chi connectivity index (χ3n) is 2.57. The van der Waals surface area contributed by atoms with Crippen molar-refractivity contribution < 1.29 is 9.53 Å². The molecule has 0 radical (unpaired) electrons. The van der Waals surface area contributed by atoms with E-state index in [0.717, 1.165) is 11.1 Å². The third-order valence-corrected chi connectivity index (χ3v) is 2.57. The number of carbonyl (C=O) groups is 1. The van der Waals surface area contributed by atoms with Crippen LogP contribution in [0.4, 0.5) is 0 Å². The maximum atomic E-state index is 11.0. The van der Waals surface area contributed by atoms with Gasteiger partial charge in [-0.25, -0.2) is 0 Å². The topological polar surface area (TPSA) is 52.3 Å². The van der Waals surface area contributed by atoms with E-state index >= 15 is 0 Å². The van der Waals surface area contributed by atoms with Crippen molar-refractivity contribution in [3.63, 3.8) is 0 Å². The number of carbonyl (C=O) groups excluding carboxylic acids is 1. The summed E-state index contributed by atoms with van der Waals surface area (Å²) in [5.74, 6) is 0.353. The number of nitrogens with two attached hydrogens (primary N) is 1. The highest BCUT2D eigenvalue weighted by Gasteiger charge is 2.05. The van der Waals surface area contributed by atoms with E-state index in [4.69, 9.17) is 10.5 Å². The van der Waals surface area contributed by atoms with Gasteiger partial charge in [-0.2, -0.15) is 0 Å². The lowest BCUT2D eigenvalue weighted by Gasteiger charge is -2.10. The van der Waals surface area contributed by atoms with Gasteiger partial charge in [0, 0.05) is 5.56 Å². The number of amides is 1. The van der Waals surface area contributed by atoms with Crippen LogP contribution in [0.5, 0.6) is 5.75 Å². The molecule has 0 saturated heterocycles. The highest BCUT2D eigenvalue weighted by molar-refractivity contribution is 5.77. The first-order valence-corrected chi connectivity index (χ1v) is 5.78. The zero-order chi connectivity index (χ0) is 12.8. The van der Waals surface area contributed by atoms with Crippen molar-refractivity contribution in [1.29, 1.82) is 0 Å². The van der Waals surface area contributed by atoms with Crippen LogP contribution in [0.15, 0.2) is 54.6 Å². The van der Waals surface area contributed by atoms with Crippen LogP contribution < -0.4 is 10.5 Å². The molecule has 0 fully saturated rings. The molecule has 2 aromatic rings. The molecule has 1 amide bonds. The van der Waals surface area contributed by atoms with Crippen LogP contribution in [0.3, 0.4) is 0 Å². The Morgan fingerprint density at radius 2 is 1.67 bits per heavy atom. The Morgan fingerprint density at radius 1 is 1.00 bits per heavy atom. The molecule has 2 aromatic carbocycles. The summed E-state index contributed by atoms with van der Waals surface area (Å²) in [5.41, 5.74) is 7.12. The van der Waals surface area contributed by atoms with Crippen LogP contribution in [0.1, 0.15) is 11.1 Å². The molecule has 0 spiro atoms. The molecule has 0 heterocycles. The van der Waals surface area contributed by atoms with E-state index in [9.17, 15) is 4.79 Å².